The number of hydrogen-bond donors (Lipinski definition) is 1. The van der Waals surface area contributed by atoms with Crippen LogP contribution >= 0.6 is 0 Å². The van der Waals surface area contributed by atoms with Crippen molar-refractivity contribution in [3.8, 4) is 0 Å². The number of rotatable bonds is 4. The molecule has 132 valence electrons. The van der Waals surface area contributed by atoms with Crippen LogP contribution < -0.4 is 0 Å². The van der Waals surface area contributed by atoms with E-state index in [-0.39, 0.29) is 24.0 Å². The molecule has 1 aliphatic heterocycles. The smallest absolute Gasteiger partial charge is 0.223 e. The summed E-state index contributed by atoms with van der Waals surface area (Å²) in [4.78, 5) is 14.8. The second-order valence-corrected chi connectivity index (χ2v) is 7.39. The van der Waals surface area contributed by atoms with Crippen LogP contribution in [0, 0.1) is 19.8 Å². The minimum absolute atomic E-state index is 0.0444. The Kier molecular flexibility index (Phi) is 5.57. The maximum Gasteiger partial charge on any atom is 0.223 e. The number of nitrogens with zero attached hydrogens (tertiary/aromatic N) is 1. The minimum atomic E-state index is -0.286. The number of hydrogen-bond acceptors (Lipinski definition) is 3. The molecule has 0 radical (unpaired) electrons. The van der Waals surface area contributed by atoms with Gasteiger partial charge in [0.25, 0.3) is 0 Å². The summed E-state index contributed by atoms with van der Waals surface area (Å²) >= 11 is 0. The van der Waals surface area contributed by atoms with E-state index in [2.05, 4.69) is 32.0 Å². The topological polar surface area (TPSA) is 49.8 Å². The van der Waals surface area contributed by atoms with Crippen LogP contribution in [-0.4, -0.2) is 47.8 Å². The van der Waals surface area contributed by atoms with E-state index in [0.29, 0.717) is 26.2 Å². The number of aliphatic hydroxyl groups excluding tert-OH is 1. The quantitative estimate of drug-likeness (QED) is 0.923. The van der Waals surface area contributed by atoms with Gasteiger partial charge in [-0.25, -0.2) is 0 Å². The number of benzene rings is 1. The fourth-order valence-corrected chi connectivity index (χ4v) is 4.31. The molecule has 2 aliphatic rings. The molecule has 24 heavy (non-hydrogen) atoms. The van der Waals surface area contributed by atoms with Gasteiger partial charge in [-0.2, -0.15) is 0 Å². The van der Waals surface area contributed by atoms with Gasteiger partial charge in [0.2, 0.25) is 5.91 Å². The van der Waals surface area contributed by atoms with Crippen molar-refractivity contribution < 1.29 is 14.6 Å². The molecule has 1 aliphatic carbocycles. The Morgan fingerprint density at radius 1 is 1.25 bits per heavy atom. The molecule has 0 spiro atoms. The highest BCUT2D eigenvalue weighted by atomic mass is 16.5. The number of carbonyl (C=O) groups excluding carboxylic acids is 1. The average Bonchev–Trinajstić information content (AvgIpc) is 2.97. The van der Waals surface area contributed by atoms with Gasteiger partial charge in [0, 0.05) is 18.9 Å². The molecule has 1 saturated heterocycles. The van der Waals surface area contributed by atoms with Crippen molar-refractivity contribution in [1.82, 2.24) is 4.90 Å². The predicted molar refractivity (Wildman–Crippen MR) is 93.9 cm³/mol. The zero-order valence-corrected chi connectivity index (χ0v) is 14.8. The van der Waals surface area contributed by atoms with Crippen LogP contribution in [0.25, 0.3) is 0 Å². The van der Waals surface area contributed by atoms with Crippen LogP contribution in [-0.2, 0) is 16.0 Å². The average molecular weight is 331 g/mol. The van der Waals surface area contributed by atoms with Crippen molar-refractivity contribution in [2.24, 2.45) is 5.92 Å². The van der Waals surface area contributed by atoms with Crippen LogP contribution in [0.3, 0.4) is 0 Å². The lowest BCUT2D eigenvalue weighted by Gasteiger charge is -2.40. The summed E-state index contributed by atoms with van der Waals surface area (Å²) in [5, 5.41) is 10.2. The van der Waals surface area contributed by atoms with Gasteiger partial charge < -0.3 is 14.7 Å². The van der Waals surface area contributed by atoms with Crippen LogP contribution in [0.1, 0.15) is 42.4 Å². The van der Waals surface area contributed by atoms with Gasteiger partial charge in [-0.1, -0.05) is 35.7 Å². The van der Waals surface area contributed by atoms with Crippen LogP contribution in [0.5, 0.6) is 0 Å². The zero-order chi connectivity index (χ0) is 17.1. The zero-order valence-electron chi connectivity index (χ0n) is 14.8. The molecule has 1 N–H and O–H groups in total. The van der Waals surface area contributed by atoms with E-state index in [1.54, 1.807) is 0 Å². The highest BCUT2D eigenvalue weighted by molar-refractivity contribution is 5.77. The van der Waals surface area contributed by atoms with Crippen molar-refractivity contribution in [3.05, 3.63) is 34.9 Å². The summed E-state index contributed by atoms with van der Waals surface area (Å²) in [6, 6.07) is 6.53. The molecule has 1 saturated carbocycles. The van der Waals surface area contributed by atoms with Crippen LogP contribution in [0.2, 0.25) is 0 Å². The molecular weight excluding hydrogens is 302 g/mol. The van der Waals surface area contributed by atoms with E-state index < -0.39 is 0 Å². The van der Waals surface area contributed by atoms with Gasteiger partial charge >= 0.3 is 0 Å². The summed E-state index contributed by atoms with van der Waals surface area (Å²) in [6.45, 7) is 6.01. The lowest BCUT2D eigenvalue weighted by atomic mass is 9.93. The highest BCUT2D eigenvalue weighted by Crippen LogP contribution is 2.32. The summed E-state index contributed by atoms with van der Waals surface area (Å²) in [7, 11) is 0. The molecule has 3 rings (SSSR count). The van der Waals surface area contributed by atoms with Crippen LogP contribution in [0.15, 0.2) is 18.2 Å². The maximum absolute atomic E-state index is 12.8. The summed E-state index contributed by atoms with van der Waals surface area (Å²) in [5.41, 5.74) is 3.72. The van der Waals surface area contributed by atoms with E-state index in [1.807, 2.05) is 4.90 Å². The fourth-order valence-electron chi connectivity index (χ4n) is 4.31. The first-order valence-electron chi connectivity index (χ1n) is 9.17. The molecule has 1 aromatic carbocycles. The van der Waals surface area contributed by atoms with Crippen molar-refractivity contribution in [3.63, 3.8) is 0 Å². The van der Waals surface area contributed by atoms with Crippen LogP contribution in [0.4, 0.5) is 0 Å². The normalized spacial score (nSPS) is 27.5. The molecular formula is C20H29NO3. The Balaban J connectivity index is 1.63. The number of ether oxygens (including phenoxy) is 1. The van der Waals surface area contributed by atoms with Crippen molar-refractivity contribution in [2.45, 2.75) is 58.1 Å². The lowest BCUT2D eigenvalue weighted by molar-refractivity contribution is -0.143. The molecule has 3 atom stereocenters. The van der Waals surface area contributed by atoms with Crippen molar-refractivity contribution >= 4 is 5.91 Å². The second kappa shape index (κ2) is 7.66. The highest BCUT2D eigenvalue weighted by Gasteiger charge is 2.39. The van der Waals surface area contributed by atoms with E-state index in [1.165, 1.54) is 16.7 Å². The maximum atomic E-state index is 12.8. The first-order chi connectivity index (χ1) is 11.5. The Morgan fingerprint density at radius 2 is 2.00 bits per heavy atom. The number of morpholine rings is 1. The summed E-state index contributed by atoms with van der Waals surface area (Å²) in [6.07, 6.45) is 3.92. The second-order valence-electron chi connectivity index (χ2n) is 7.39. The summed E-state index contributed by atoms with van der Waals surface area (Å²) < 4.78 is 5.61. The molecule has 1 amide bonds. The molecule has 0 unspecified atom stereocenters. The van der Waals surface area contributed by atoms with Gasteiger partial charge in [0.15, 0.2) is 0 Å². The van der Waals surface area contributed by atoms with Gasteiger partial charge in [0.05, 0.1) is 25.4 Å². The molecule has 1 aromatic rings. The number of carbonyl (C=O) groups is 1. The number of aliphatic hydroxyl groups is 1. The minimum Gasteiger partial charge on any atom is -0.393 e. The number of aryl methyl sites for hydroxylation is 3. The Labute approximate surface area is 144 Å². The lowest BCUT2D eigenvalue weighted by Crippen LogP contribution is -2.53. The van der Waals surface area contributed by atoms with E-state index in [0.717, 1.165) is 25.7 Å². The molecule has 2 fully saturated rings. The SMILES string of the molecule is Cc1cc(C)cc(CCC(=O)N2CCOC[C@@H]2[C@@H]2CCC[C@H]2O)c1. The third-order valence-electron chi connectivity index (χ3n) is 5.42. The molecule has 4 heteroatoms. The van der Waals surface area contributed by atoms with E-state index in [4.69, 9.17) is 4.74 Å². The predicted octanol–water partition coefficient (Wildman–Crippen LogP) is 2.62. The van der Waals surface area contributed by atoms with E-state index in [9.17, 15) is 9.90 Å². The monoisotopic (exact) mass is 331 g/mol. The van der Waals surface area contributed by atoms with Gasteiger partial charge in [0.1, 0.15) is 0 Å². The van der Waals surface area contributed by atoms with Crippen molar-refractivity contribution in [1.29, 1.82) is 0 Å². The third-order valence-corrected chi connectivity index (χ3v) is 5.42. The Morgan fingerprint density at radius 3 is 2.67 bits per heavy atom. The van der Waals surface area contributed by atoms with E-state index >= 15 is 0 Å². The Hall–Kier alpha value is -1.39. The van der Waals surface area contributed by atoms with Gasteiger partial charge in [-0.15, -0.1) is 0 Å². The van der Waals surface area contributed by atoms with Crippen molar-refractivity contribution in [2.75, 3.05) is 19.8 Å². The number of amides is 1. The Bertz CT molecular complexity index is 566. The molecule has 0 bridgehead atoms. The first-order valence-corrected chi connectivity index (χ1v) is 9.17. The summed E-state index contributed by atoms with van der Waals surface area (Å²) in [5.74, 6) is 0.372. The molecule has 4 nitrogen and oxygen atoms in total. The van der Waals surface area contributed by atoms with Gasteiger partial charge in [-0.3, -0.25) is 4.79 Å². The standard InChI is InChI=1S/C20H29NO3/c1-14-10-15(2)12-16(11-14)6-7-20(23)21-8-9-24-13-18(21)17-4-3-5-19(17)22/h10-12,17-19,22H,3-9,13H2,1-2H3/t17-,18+,19+/m0/s1. The first kappa shape index (κ1) is 17.4. The van der Waals surface area contributed by atoms with Gasteiger partial charge in [-0.05, 0) is 38.7 Å². The molecule has 0 aromatic heterocycles. The largest absolute Gasteiger partial charge is 0.393 e. The fraction of sp³-hybridized carbons (Fsp3) is 0.650. The molecule has 1 heterocycles. The third kappa shape index (κ3) is 3.98.